The third-order valence-electron chi connectivity index (χ3n) is 4.59. The molecule has 0 bridgehead atoms. The number of nitrogens with zero attached hydrogens (tertiary/aromatic N) is 1. The van der Waals surface area contributed by atoms with Gasteiger partial charge in [-0.2, -0.15) is 0 Å². The molecule has 1 atom stereocenters. The summed E-state index contributed by atoms with van der Waals surface area (Å²) in [6, 6.07) is 8.92. The molecule has 2 heteroatoms. The standard InChI is InChI=1S/C16H24N2/c1-13-10-14-4-2-3-5-15(14)18(11-13)12-16(6-7-16)8-9-17/h2-5,13H,6-12,17H2,1H3. The fourth-order valence-corrected chi connectivity index (χ4v) is 3.43. The minimum Gasteiger partial charge on any atom is -0.370 e. The second-order valence-electron chi connectivity index (χ2n) is 6.36. The number of fused-ring (bicyclic) bond motifs is 1. The van der Waals surface area contributed by atoms with Crippen molar-refractivity contribution in [2.75, 3.05) is 24.5 Å². The van der Waals surface area contributed by atoms with E-state index in [1.807, 2.05) is 0 Å². The van der Waals surface area contributed by atoms with Crippen LogP contribution in [-0.2, 0) is 6.42 Å². The average molecular weight is 244 g/mol. The van der Waals surface area contributed by atoms with E-state index >= 15 is 0 Å². The quantitative estimate of drug-likeness (QED) is 0.882. The summed E-state index contributed by atoms with van der Waals surface area (Å²) in [6.45, 7) is 5.63. The normalized spacial score (nSPS) is 24.8. The lowest BCUT2D eigenvalue weighted by atomic mass is 9.92. The molecular weight excluding hydrogens is 220 g/mol. The number of rotatable bonds is 4. The first kappa shape index (κ1) is 12.0. The summed E-state index contributed by atoms with van der Waals surface area (Å²) in [4.78, 5) is 2.62. The van der Waals surface area contributed by atoms with Crippen molar-refractivity contribution in [1.82, 2.24) is 0 Å². The highest BCUT2D eigenvalue weighted by Gasteiger charge is 2.43. The predicted molar refractivity (Wildman–Crippen MR) is 76.9 cm³/mol. The lowest BCUT2D eigenvalue weighted by molar-refractivity contribution is 0.433. The molecule has 0 aromatic heterocycles. The molecule has 2 aliphatic rings. The lowest BCUT2D eigenvalue weighted by Gasteiger charge is -2.37. The van der Waals surface area contributed by atoms with Gasteiger partial charge in [0.05, 0.1) is 0 Å². The topological polar surface area (TPSA) is 29.3 Å². The smallest absolute Gasteiger partial charge is 0.0399 e. The number of anilines is 1. The zero-order chi connectivity index (χ0) is 12.6. The highest BCUT2D eigenvalue weighted by molar-refractivity contribution is 5.56. The number of para-hydroxylation sites is 1. The molecule has 1 unspecified atom stereocenters. The van der Waals surface area contributed by atoms with Crippen molar-refractivity contribution in [2.45, 2.75) is 32.6 Å². The molecule has 1 fully saturated rings. The fourth-order valence-electron chi connectivity index (χ4n) is 3.43. The van der Waals surface area contributed by atoms with Gasteiger partial charge < -0.3 is 10.6 Å². The second kappa shape index (κ2) is 4.58. The Hall–Kier alpha value is -1.02. The zero-order valence-corrected chi connectivity index (χ0v) is 11.4. The molecule has 1 aromatic carbocycles. The molecule has 0 amide bonds. The molecule has 1 heterocycles. The van der Waals surface area contributed by atoms with E-state index in [4.69, 9.17) is 5.73 Å². The van der Waals surface area contributed by atoms with Crippen LogP contribution in [0.5, 0.6) is 0 Å². The van der Waals surface area contributed by atoms with Gasteiger partial charge >= 0.3 is 0 Å². The van der Waals surface area contributed by atoms with Crippen LogP contribution in [0.15, 0.2) is 24.3 Å². The maximum Gasteiger partial charge on any atom is 0.0399 e. The van der Waals surface area contributed by atoms with Gasteiger partial charge in [0.25, 0.3) is 0 Å². The Labute approximate surface area is 110 Å². The first-order valence-corrected chi connectivity index (χ1v) is 7.25. The van der Waals surface area contributed by atoms with E-state index in [0.29, 0.717) is 5.41 Å². The average Bonchev–Trinajstić information content (AvgIpc) is 3.09. The van der Waals surface area contributed by atoms with Gasteiger partial charge in [0.2, 0.25) is 0 Å². The van der Waals surface area contributed by atoms with E-state index in [2.05, 4.69) is 36.1 Å². The molecule has 0 saturated heterocycles. The summed E-state index contributed by atoms with van der Waals surface area (Å²) in [5.41, 5.74) is 9.30. The molecule has 0 spiro atoms. The Kier molecular flexibility index (Phi) is 3.06. The summed E-state index contributed by atoms with van der Waals surface area (Å²) in [5, 5.41) is 0. The van der Waals surface area contributed by atoms with Gasteiger partial charge in [0.1, 0.15) is 0 Å². The van der Waals surface area contributed by atoms with Gasteiger partial charge in [-0.1, -0.05) is 25.1 Å². The third kappa shape index (κ3) is 2.26. The number of hydrogen-bond donors (Lipinski definition) is 1. The molecule has 18 heavy (non-hydrogen) atoms. The van der Waals surface area contributed by atoms with Crippen LogP contribution in [0.25, 0.3) is 0 Å². The van der Waals surface area contributed by atoms with Crippen molar-refractivity contribution in [1.29, 1.82) is 0 Å². The molecule has 1 saturated carbocycles. The van der Waals surface area contributed by atoms with Gasteiger partial charge in [-0.15, -0.1) is 0 Å². The van der Waals surface area contributed by atoms with Crippen LogP contribution in [0.1, 0.15) is 31.7 Å². The first-order chi connectivity index (χ1) is 8.72. The molecule has 0 radical (unpaired) electrons. The number of benzene rings is 1. The Balaban J connectivity index is 1.80. The minimum absolute atomic E-state index is 0.541. The van der Waals surface area contributed by atoms with E-state index in [1.165, 1.54) is 50.0 Å². The van der Waals surface area contributed by atoms with Gasteiger partial charge in [0, 0.05) is 18.8 Å². The monoisotopic (exact) mass is 244 g/mol. The molecule has 1 aliphatic carbocycles. The minimum atomic E-state index is 0.541. The van der Waals surface area contributed by atoms with Crippen molar-refractivity contribution in [3.63, 3.8) is 0 Å². The van der Waals surface area contributed by atoms with E-state index in [1.54, 1.807) is 0 Å². The molecule has 98 valence electrons. The van der Waals surface area contributed by atoms with Crippen LogP contribution in [-0.4, -0.2) is 19.6 Å². The summed E-state index contributed by atoms with van der Waals surface area (Å²) < 4.78 is 0. The predicted octanol–water partition coefficient (Wildman–Crippen LogP) is 2.81. The van der Waals surface area contributed by atoms with E-state index in [0.717, 1.165) is 12.5 Å². The van der Waals surface area contributed by atoms with Crippen LogP contribution in [0.2, 0.25) is 0 Å². The first-order valence-electron chi connectivity index (χ1n) is 7.25. The molecule has 1 aliphatic heterocycles. The van der Waals surface area contributed by atoms with Gasteiger partial charge in [-0.25, -0.2) is 0 Å². The Morgan fingerprint density at radius 3 is 2.83 bits per heavy atom. The summed E-state index contributed by atoms with van der Waals surface area (Å²) in [5.74, 6) is 0.772. The van der Waals surface area contributed by atoms with Crippen molar-refractivity contribution in [3.8, 4) is 0 Å². The third-order valence-corrected chi connectivity index (χ3v) is 4.59. The van der Waals surface area contributed by atoms with Gasteiger partial charge in [0.15, 0.2) is 0 Å². The van der Waals surface area contributed by atoms with Crippen molar-refractivity contribution < 1.29 is 0 Å². The second-order valence-corrected chi connectivity index (χ2v) is 6.36. The molecular formula is C16H24N2. The van der Waals surface area contributed by atoms with E-state index < -0.39 is 0 Å². The van der Waals surface area contributed by atoms with Crippen LogP contribution >= 0.6 is 0 Å². The number of hydrogen-bond acceptors (Lipinski definition) is 2. The van der Waals surface area contributed by atoms with Crippen molar-refractivity contribution >= 4 is 5.69 Å². The van der Waals surface area contributed by atoms with Gasteiger partial charge in [-0.05, 0) is 55.2 Å². The molecule has 3 rings (SSSR count). The summed E-state index contributed by atoms with van der Waals surface area (Å²) in [6.07, 6.45) is 5.17. The largest absolute Gasteiger partial charge is 0.370 e. The zero-order valence-electron chi connectivity index (χ0n) is 11.4. The lowest BCUT2D eigenvalue weighted by Crippen LogP contribution is -2.38. The van der Waals surface area contributed by atoms with Crippen LogP contribution in [0.3, 0.4) is 0 Å². The Morgan fingerprint density at radius 1 is 1.33 bits per heavy atom. The van der Waals surface area contributed by atoms with E-state index in [9.17, 15) is 0 Å². The van der Waals surface area contributed by atoms with Crippen LogP contribution in [0, 0.1) is 11.3 Å². The molecule has 2 nitrogen and oxygen atoms in total. The van der Waals surface area contributed by atoms with Crippen molar-refractivity contribution in [3.05, 3.63) is 29.8 Å². The highest BCUT2D eigenvalue weighted by Crippen LogP contribution is 2.50. The molecule has 2 N–H and O–H groups in total. The maximum atomic E-state index is 5.76. The Morgan fingerprint density at radius 2 is 2.11 bits per heavy atom. The fraction of sp³-hybridized carbons (Fsp3) is 0.625. The van der Waals surface area contributed by atoms with Crippen LogP contribution in [0.4, 0.5) is 5.69 Å². The Bertz CT molecular complexity index is 423. The SMILES string of the molecule is CC1Cc2ccccc2N(CC2(CCN)CC2)C1. The summed E-state index contributed by atoms with van der Waals surface area (Å²) in [7, 11) is 0. The maximum absolute atomic E-state index is 5.76. The number of nitrogens with two attached hydrogens (primary N) is 1. The summed E-state index contributed by atoms with van der Waals surface area (Å²) >= 11 is 0. The molecule has 1 aromatic rings. The van der Waals surface area contributed by atoms with Gasteiger partial charge in [-0.3, -0.25) is 0 Å². The van der Waals surface area contributed by atoms with Crippen molar-refractivity contribution in [2.24, 2.45) is 17.1 Å². The highest BCUT2D eigenvalue weighted by atomic mass is 15.2. The van der Waals surface area contributed by atoms with Crippen LogP contribution < -0.4 is 10.6 Å². The van der Waals surface area contributed by atoms with E-state index in [-0.39, 0.29) is 0 Å².